The fourth-order valence-corrected chi connectivity index (χ4v) is 3.77. The van der Waals surface area contributed by atoms with Gasteiger partial charge in [0, 0.05) is 11.3 Å². The fourth-order valence-electron chi connectivity index (χ4n) is 2.72. The van der Waals surface area contributed by atoms with Gasteiger partial charge in [-0.25, -0.2) is 9.97 Å². The Labute approximate surface area is 163 Å². The lowest BCUT2D eigenvalue weighted by Crippen LogP contribution is -2.03. The number of para-hydroxylation sites is 1. The van der Waals surface area contributed by atoms with Crippen molar-refractivity contribution in [2.45, 2.75) is 34.6 Å². The van der Waals surface area contributed by atoms with E-state index < -0.39 is 0 Å². The number of hydrogen-bond donors (Lipinski definition) is 1. The van der Waals surface area contributed by atoms with E-state index in [2.05, 4.69) is 45.4 Å². The van der Waals surface area contributed by atoms with Gasteiger partial charge in [-0.05, 0) is 50.6 Å². The number of benzene rings is 2. The number of anilines is 2. The van der Waals surface area contributed by atoms with E-state index in [-0.39, 0.29) is 0 Å². The third-order valence-corrected chi connectivity index (χ3v) is 4.95. The zero-order chi connectivity index (χ0) is 19.4. The average Bonchev–Trinajstić information content (AvgIpc) is 3.08. The predicted octanol–water partition coefficient (Wildman–Crippen LogP) is 5.84. The molecule has 0 amide bonds. The molecule has 0 saturated heterocycles. The molecule has 4 rings (SSSR count). The van der Waals surface area contributed by atoms with Gasteiger partial charge in [0.1, 0.15) is 16.7 Å². The number of fused-ring (bicyclic) bond motifs is 1. The van der Waals surface area contributed by atoms with Gasteiger partial charge in [-0.15, -0.1) is 11.3 Å². The van der Waals surface area contributed by atoms with Gasteiger partial charge in [0.15, 0.2) is 0 Å². The summed E-state index contributed by atoms with van der Waals surface area (Å²) in [6.07, 6.45) is 0. The molecule has 4 aromatic rings. The first-order valence-corrected chi connectivity index (χ1v) is 9.83. The summed E-state index contributed by atoms with van der Waals surface area (Å²) in [7, 11) is 0. The Morgan fingerprint density at radius 3 is 2.22 bits per heavy atom. The van der Waals surface area contributed by atoms with E-state index in [1.165, 1.54) is 10.3 Å². The summed E-state index contributed by atoms with van der Waals surface area (Å²) in [5.41, 5.74) is 4.27. The van der Waals surface area contributed by atoms with Crippen molar-refractivity contribution in [2.75, 3.05) is 5.32 Å². The van der Waals surface area contributed by atoms with Gasteiger partial charge in [-0.3, -0.25) is 0 Å². The zero-order valence-electron chi connectivity index (χ0n) is 16.2. The van der Waals surface area contributed by atoms with Crippen molar-refractivity contribution >= 4 is 33.2 Å². The number of rotatable bonds is 3. The first kappa shape index (κ1) is 18.9. The largest absolute Gasteiger partial charge is 0.324 e. The standard InChI is InChI=1S/C19H17N5S.C2H6/c1-11-8-9-14(23-19-21-12(2)20-13(3)22-19)10-15(11)18-24-16-6-4-5-7-17(16)25-18;1-2/h4-10H,1-3H3,(H,20,21,22,23);1-2H3. The second-order valence-corrected chi connectivity index (χ2v) is 6.93. The van der Waals surface area contributed by atoms with Crippen LogP contribution in [0.4, 0.5) is 11.6 Å². The number of aryl methyl sites for hydroxylation is 3. The second-order valence-electron chi connectivity index (χ2n) is 5.89. The Balaban J connectivity index is 0.00000102. The minimum absolute atomic E-state index is 0.559. The smallest absolute Gasteiger partial charge is 0.230 e. The third kappa shape index (κ3) is 4.28. The molecule has 0 unspecified atom stereocenters. The van der Waals surface area contributed by atoms with Crippen LogP contribution in [-0.4, -0.2) is 19.9 Å². The van der Waals surface area contributed by atoms with E-state index >= 15 is 0 Å². The van der Waals surface area contributed by atoms with Crippen LogP contribution in [0.3, 0.4) is 0 Å². The number of nitrogens with zero attached hydrogens (tertiary/aromatic N) is 4. The lowest BCUT2D eigenvalue weighted by Gasteiger charge is -2.09. The molecule has 0 spiro atoms. The lowest BCUT2D eigenvalue weighted by molar-refractivity contribution is 0.928. The van der Waals surface area contributed by atoms with Gasteiger partial charge in [0.05, 0.1) is 10.2 Å². The molecule has 0 bridgehead atoms. The van der Waals surface area contributed by atoms with E-state index in [9.17, 15) is 0 Å². The maximum atomic E-state index is 4.77. The molecular weight excluding hydrogens is 354 g/mol. The molecule has 0 aliphatic rings. The summed E-state index contributed by atoms with van der Waals surface area (Å²) in [4.78, 5) is 17.7. The topological polar surface area (TPSA) is 63.6 Å². The molecule has 6 heteroatoms. The molecule has 2 aromatic heterocycles. The van der Waals surface area contributed by atoms with E-state index in [0.717, 1.165) is 21.8 Å². The highest BCUT2D eigenvalue weighted by molar-refractivity contribution is 7.21. The Morgan fingerprint density at radius 1 is 0.815 bits per heavy atom. The third-order valence-electron chi connectivity index (χ3n) is 3.88. The summed E-state index contributed by atoms with van der Waals surface area (Å²) in [5.74, 6) is 1.96. The highest BCUT2D eigenvalue weighted by atomic mass is 32.1. The summed E-state index contributed by atoms with van der Waals surface area (Å²) < 4.78 is 1.19. The monoisotopic (exact) mass is 377 g/mol. The number of nitrogens with one attached hydrogen (secondary N) is 1. The molecule has 1 N–H and O–H groups in total. The lowest BCUT2D eigenvalue weighted by atomic mass is 10.1. The zero-order valence-corrected chi connectivity index (χ0v) is 17.1. The molecular formula is C21H23N5S. The van der Waals surface area contributed by atoms with Crippen LogP contribution in [0.2, 0.25) is 0 Å². The molecule has 5 nitrogen and oxygen atoms in total. The van der Waals surface area contributed by atoms with Gasteiger partial charge in [0.25, 0.3) is 0 Å². The van der Waals surface area contributed by atoms with Gasteiger partial charge < -0.3 is 5.32 Å². The van der Waals surface area contributed by atoms with Crippen LogP contribution in [0.25, 0.3) is 20.8 Å². The molecule has 0 atom stereocenters. The summed E-state index contributed by atoms with van der Waals surface area (Å²) >= 11 is 1.70. The van der Waals surface area contributed by atoms with Crippen LogP contribution in [0, 0.1) is 20.8 Å². The molecule has 138 valence electrons. The van der Waals surface area contributed by atoms with Crippen LogP contribution in [0.1, 0.15) is 31.1 Å². The number of aromatic nitrogens is 4. The highest BCUT2D eigenvalue weighted by Gasteiger charge is 2.10. The number of hydrogen-bond acceptors (Lipinski definition) is 6. The van der Waals surface area contributed by atoms with Gasteiger partial charge in [-0.1, -0.05) is 32.0 Å². The van der Waals surface area contributed by atoms with Crippen LogP contribution < -0.4 is 5.32 Å². The minimum atomic E-state index is 0.559. The maximum Gasteiger partial charge on any atom is 0.230 e. The van der Waals surface area contributed by atoms with Crippen molar-refractivity contribution in [1.82, 2.24) is 19.9 Å². The second kappa shape index (κ2) is 8.22. The highest BCUT2D eigenvalue weighted by Crippen LogP contribution is 2.33. The van der Waals surface area contributed by atoms with Crippen molar-refractivity contribution in [3.8, 4) is 10.6 Å². The van der Waals surface area contributed by atoms with Crippen molar-refractivity contribution < 1.29 is 0 Å². The molecule has 0 fully saturated rings. The maximum absolute atomic E-state index is 4.77. The average molecular weight is 378 g/mol. The molecule has 0 radical (unpaired) electrons. The molecule has 27 heavy (non-hydrogen) atoms. The Hall–Kier alpha value is -2.86. The first-order chi connectivity index (χ1) is 13.1. The van der Waals surface area contributed by atoms with E-state index in [1.807, 2.05) is 52.0 Å². The van der Waals surface area contributed by atoms with Crippen LogP contribution in [0.15, 0.2) is 42.5 Å². The van der Waals surface area contributed by atoms with Crippen molar-refractivity contribution in [3.05, 3.63) is 59.7 Å². The number of thiazole rings is 1. The minimum Gasteiger partial charge on any atom is -0.324 e. The molecule has 2 aromatic carbocycles. The van der Waals surface area contributed by atoms with E-state index in [4.69, 9.17) is 4.98 Å². The Kier molecular flexibility index (Phi) is 5.76. The fraction of sp³-hybridized carbons (Fsp3) is 0.238. The summed E-state index contributed by atoms with van der Waals surface area (Å²) in [6.45, 7) is 9.82. The summed E-state index contributed by atoms with van der Waals surface area (Å²) in [5, 5.41) is 4.29. The predicted molar refractivity (Wildman–Crippen MR) is 114 cm³/mol. The van der Waals surface area contributed by atoms with Crippen LogP contribution >= 0.6 is 11.3 Å². The normalized spacial score (nSPS) is 10.4. The Bertz CT molecular complexity index is 1020. The quantitative estimate of drug-likeness (QED) is 0.486. The van der Waals surface area contributed by atoms with Gasteiger partial charge in [-0.2, -0.15) is 9.97 Å². The van der Waals surface area contributed by atoms with Crippen molar-refractivity contribution in [2.24, 2.45) is 0 Å². The Morgan fingerprint density at radius 2 is 1.52 bits per heavy atom. The van der Waals surface area contributed by atoms with Crippen LogP contribution in [0.5, 0.6) is 0 Å². The van der Waals surface area contributed by atoms with Crippen LogP contribution in [-0.2, 0) is 0 Å². The molecule has 0 aliphatic heterocycles. The van der Waals surface area contributed by atoms with E-state index in [0.29, 0.717) is 17.6 Å². The summed E-state index contributed by atoms with van der Waals surface area (Å²) in [6, 6.07) is 14.4. The molecule has 0 saturated carbocycles. The molecule has 2 heterocycles. The molecule has 0 aliphatic carbocycles. The van der Waals surface area contributed by atoms with Gasteiger partial charge in [0.2, 0.25) is 5.95 Å². The van der Waals surface area contributed by atoms with E-state index in [1.54, 1.807) is 11.3 Å². The van der Waals surface area contributed by atoms with Gasteiger partial charge >= 0.3 is 0 Å². The SMILES string of the molecule is CC.Cc1nc(C)nc(Nc2ccc(C)c(-c3nc4ccccc4s3)c2)n1. The first-order valence-electron chi connectivity index (χ1n) is 9.01. The van der Waals surface area contributed by atoms with Crippen molar-refractivity contribution in [3.63, 3.8) is 0 Å². The van der Waals surface area contributed by atoms with Crippen molar-refractivity contribution in [1.29, 1.82) is 0 Å².